The van der Waals surface area contributed by atoms with Crippen LogP contribution in [0.3, 0.4) is 0 Å². The number of rotatable bonds is 6. The lowest BCUT2D eigenvalue weighted by molar-refractivity contribution is 0.501. The molecule has 1 rings (SSSR count). The van der Waals surface area contributed by atoms with E-state index in [-0.39, 0.29) is 0 Å². The summed E-state index contributed by atoms with van der Waals surface area (Å²) >= 11 is 0. The van der Waals surface area contributed by atoms with Crippen molar-refractivity contribution in [1.82, 2.24) is 15.1 Å². The largest absolute Gasteiger partial charge is 0.310 e. The van der Waals surface area contributed by atoms with Gasteiger partial charge in [-0.2, -0.15) is 5.10 Å². The molecule has 0 spiro atoms. The van der Waals surface area contributed by atoms with E-state index in [1.54, 1.807) is 0 Å². The Hall–Kier alpha value is -1.27. The number of terminal acetylenes is 1. The van der Waals surface area contributed by atoms with E-state index < -0.39 is 0 Å². The first-order chi connectivity index (χ1) is 7.27. The molecule has 1 N–H and O–H groups in total. The number of aromatic nitrogens is 2. The second-order valence-corrected chi connectivity index (χ2v) is 3.65. The minimum atomic E-state index is 0.386. The number of hydrogen-bond acceptors (Lipinski definition) is 2. The lowest BCUT2D eigenvalue weighted by atomic mass is 10.0. The highest BCUT2D eigenvalue weighted by atomic mass is 15.2. The summed E-state index contributed by atoms with van der Waals surface area (Å²) in [4.78, 5) is 0. The van der Waals surface area contributed by atoms with Gasteiger partial charge in [-0.05, 0) is 19.4 Å². The van der Waals surface area contributed by atoms with Gasteiger partial charge in [-0.3, -0.25) is 4.68 Å². The van der Waals surface area contributed by atoms with Gasteiger partial charge < -0.3 is 5.32 Å². The van der Waals surface area contributed by atoms with E-state index in [1.165, 1.54) is 5.56 Å². The van der Waals surface area contributed by atoms with Crippen LogP contribution in [0.1, 0.15) is 37.8 Å². The van der Waals surface area contributed by atoms with Crippen molar-refractivity contribution in [2.24, 2.45) is 7.05 Å². The van der Waals surface area contributed by atoms with Gasteiger partial charge in [0.2, 0.25) is 0 Å². The normalized spacial score (nSPS) is 12.3. The van der Waals surface area contributed by atoms with Gasteiger partial charge in [0.15, 0.2) is 0 Å². The Balaban J connectivity index is 2.54. The van der Waals surface area contributed by atoms with Crippen LogP contribution in [0.5, 0.6) is 0 Å². The van der Waals surface area contributed by atoms with Crippen molar-refractivity contribution in [3.8, 4) is 12.3 Å². The number of unbranched alkanes of at least 4 members (excludes halogenated alkanes) is 1. The molecule has 3 nitrogen and oxygen atoms in total. The summed E-state index contributed by atoms with van der Waals surface area (Å²) in [5.41, 5.74) is 1.25. The van der Waals surface area contributed by atoms with Crippen molar-refractivity contribution in [1.29, 1.82) is 0 Å². The van der Waals surface area contributed by atoms with Crippen molar-refractivity contribution in [2.45, 2.75) is 32.2 Å². The molecule has 0 radical (unpaired) electrons. The van der Waals surface area contributed by atoms with E-state index in [1.807, 2.05) is 17.9 Å². The van der Waals surface area contributed by atoms with E-state index in [0.29, 0.717) is 6.04 Å². The molecule has 15 heavy (non-hydrogen) atoms. The van der Waals surface area contributed by atoms with Crippen LogP contribution in [0, 0.1) is 12.3 Å². The first kappa shape index (κ1) is 11.8. The number of nitrogens with zero attached hydrogens (tertiary/aromatic N) is 2. The Labute approximate surface area is 91.9 Å². The van der Waals surface area contributed by atoms with Crippen LogP contribution in [0.4, 0.5) is 0 Å². The Morgan fingerprint density at radius 1 is 1.67 bits per heavy atom. The molecule has 0 aliphatic heterocycles. The summed E-state index contributed by atoms with van der Waals surface area (Å²) in [6, 6.07) is 0.386. The van der Waals surface area contributed by atoms with E-state index >= 15 is 0 Å². The topological polar surface area (TPSA) is 29.9 Å². The molecule has 3 heteroatoms. The minimum Gasteiger partial charge on any atom is -0.310 e. The fraction of sp³-hybridized carbons (Fsp3) is 0.583. The molecule has 1 aromatic rings. The first-order valence-corrected chi connectivity index (χ1v) is 5.43. The molecule has 0 amide bonds. The van der Waals surface area contributed by atoms with Crippen LogP contribution in [-0.2, 0) is 7.05 Å². The van der Waals surface area contributed by atoms with Gasteiger partial charge in [-0.1, -0.05) is 6.92 Å². The summed E-state index contributed by atoms with van der Waals surface area (Å²) in [7, 11) is 1.94. The average Bonchev–Trinajstić information content (AvgIpc) is 2.64. The maximum Gasteiger partial charge on any atom is 0.0537 e. The van der Waals surface area contributed by atoms with Gasteiger partial charge in [-0.15, -0.1) is 12.3 Å². The molecule has 1 aromatic heterocycles. The predicted molar refractivity (Wildman–Crippen MR) is 62.3 cm³/mol. The third kappa shape index (κ3) is 3.77. The van der Waals surface area contributed by atoms with Gasteiger partial charge in [0.1, 0.15) is 0 Å². The molecule has 0 saturated carbocycles. The summed E-state index contributed by atoms with van der Waals surface area (Å²) in [5, 5.41) is 7.63. The van der Waals surface area contributed by atoms with Crippen LogP contribution in [0.25, 0.3) is 0 Å². The zero-order valence-electron chi connectivity index (χ0n) is 9.53. The molecule has 82 valence electrons. The molecule has 1 atom stereocenters. The fourth-order valence-corrected chi connectivity index (χ4v) is 1.66. The van der Waals surface area contributed by atoms with E-state index in [9.17, 15) is 0 Å². The molecular formula is C12H19N3. The second-order valence-electron chi connectivity index (χ2n) is 3.65. The second kappa shape index (κ2) is 6.26. The fourth-order valence-electron chi connectivity index (χ4n) is 1.66. The Kier molecular flexibility index (Phi) is 4.92. The Morgan fingerprint density at radius 3 is 3.00 bits per heavy atom. The highest BCUT2D eigenvalue weighted by Gasteiger charge is 2.10. The summed E-state index contributed by atoms with van der Waals surface area (Å²) in [6.07, 6.45) is 12.2. The molecule has 0 saturated heterocycles. The molecule has 1 heterocycles. The van der Waals surface area contributed by atoms with Crippen molar-refractivity contribution >= 4 is 0 Å². The van der Waals surface area contributed by atoms with Gasteiger partial charge >= 0.3 is 0 Å². The molecule has 0 aromatic carbocycles. The first-order valence-electron chi connectivity index (χ1n) is 5.43. The molecule has 1 unspecified atom stereocenters. The van der Waals surface area contributed by atoms with Gasteiger partial charge in [0, 0.05) is 31.3 Å². The Bertz CT molecular complexity index is 322. The molecule has 0 fully saturated rings. The van der Waals surface area contributed by atoms with E-state index in [2.05, 4.69) is 29.5 Å². The van der Waals surface area contributed by atoms with Crippen LogP contribution < -0.4 is 5.32 Å². The summed E-state index contributed by atoms with van der Waals surface area (Å²) in [5.74, 6) is 2.67. The highest BCUT2D eigenvalue weighted by molar-refractivity contribution is 5.10. The lowest BCUT2D eigenvalue weighted by Crippen LogP contribution is -2.20. The van der Waals surface area contributed by atoms with Gasteiger partial charge in [0.25, 0.3) is 0 Å². The molecule has 0 aliphatic carbocycles. The average molecular weight is 205 g/mol. The van der Waals surface area contributed by atoms with Crippen LogP contribution in [0.2, 0.25) is 0 Å². The third-order valence-electron chi connectivity index (χ3n) is 2.39. The molecule has 0 bridgehead atoms. The lowest BCUT2D eigenvalue weighted by Gasteiger charge is -2.15. The molecule has 0 aliphatic rings. The Morgan fingerprint density at radius 2 is 2.47 bits per heavy atom. The highest BCUT2D eigenvalue weighted by Crippen LogP contribution is 2.18. The maximum absolute atomic E-state index is 5.24. The zero-order valence-corrected chi connectivity index (χ0v) is 9.53. The summed E-state index contributed by atoms with van der Waals surface area (Å²) in [6.45, 7) is 3.08. The van der Waals surface area contributed by atoms with Crippen LogP contribution >= 0.6 is 0 Å². The standard InChI is InChI=1S/C12H19N3/c1-4-6-7-8-12(13-5-2)11-9-14-15(3)10-11/h1,9-10,12-13H,5-8H2,2-3H3. The van der Waals surface area contributed by atoms with E-state index in [0.717, 1.165) is 25.8 Å². The number of aryl methyl sites for hydroxylation is 1. The van der Waals surface area contributed by atoms with E-state index in [4.69, 9.17) is 6.42 Å². The molecular weight excluding hydrogens is 186 g/mol. The minimum absolute atomic E-state index is 0.386. The van der Waals surface area contributed by atoms with Gasteiger partial charge in [-0.25, -0.2) is 0 Å². The maximum atomic E-state index is 5.24. The monoisotopic (exact) mass is 205 g/mol. The SMILES string of the molecule is C#CCCCC(NCC)c1cnn(C)c1. The quantitative estimate of drug-likeness (QED) is 0.567. The number of nitrogens with one attached hydrogen (secondary N) is 1. The smallest absolute Gasteiger partial charge is 0.0537 e. The van der Waals surface area contributed by atoms with Crippen LogP contribution in [-0.4, -0.2) is 16.3 Å². The van der Waals surface area contributed by atoms with Crippen molar-refractivity contribution < 1.29 is 0 Å². The predicted octanol–water partition coefficient (Wildman–Crippen LogP) is 1.87. The summed E-state index contributed by atoms with van der Waals surface area (Å²) < 4.78 is 1.83. The zero-order chi connectivity index (χ0) is 11.1. The van der Waals surface area contributed by atoms with Crippen molar-refractivity contribution in [3.63, 3.8) is 0 Å². The van der Waals surface area contributed by atoms with Crippen LogP contribution in [0.15, 0.2) is 12.4 Å². The number of hydrogen-bond donors (Lipinski definition) is 1. The van der Waals surface area contributed by atoms with Gasteiger partial charge in [0.05, 0.1) is 6.20 Å². The van der Waals surface area contributed by atoms with Crippen molar-refractivity contribution in [2.75, 3.05) is 6.54 Å². The van der Waals surface area contributed by atoms with Crippen molar-refractivity contribution in [3.05, 3.63) is 18.0 Å². The third-order valence-corrected chi connectivity index (χ3v) is 2.39.